The number of thiophene rings is 1. The Kier molecular flexibility index (Phi) is 4.72. The molecule has 1 amide bonds. The van der Waals surface area contributed by atoms with Gasteiger partial charge in [-0.15, -0.1) is 0 Å². The molecule has 3 aromatic rings. The third-order valence-electron chi connectivity index (χ3n) is 4.59. The molecule has 4 rings (SSSR count). The summed E-state index contributed by atoms with van der Waals surface area (Å²) in [5, 5.41) is 5.03. The van der Waals surface area contributed by atoms with Gasteiger partial charge >= 0.3 is 0 Å². The van der Waals surface area contributed by atoms with Gasteiger partial charge in [0.15, 0.2) is 0 Å². The summed E-state index contributed by atoms with van der Waals surface area (Å²) >= 11 is 5.16. The Morgan fingerprint density at radius 2 is 2.04 bits per heavy atom. The van der Waals surface area contributed by atoms with Crippen LogP contribution in [0.3, 0.4) is 0 Å². The van der Waals surface area contributed by atoms with E-state index in [1.165, 1.54) is 5.69 Å². The Bertz CT molecular complexity index is 897. The Morgan fingerprint density at radius 3 is 2.88 bits per heavy atom. The molecule has 2 aromatic heterocycles. The van der Waals surface area contributed by atoms with Gasteiger partial charge in [0.1, 0.15) is 0 Å². The predicted molar refractivity (Wildman–Crippen MR) is 106 cm³/mol. The van der Waals surface area contributed by atoms with Crippen LogP contribution in [0.5, 0.6) is 0 Å². The average molecular weight is 416 g/mol. The van der Waals surface area contributed by atoms with Crippen LogP contribution in [0.1, 0.15) is 16.8 Å². The highest BCUT2D eigenvalue weighted by atomic mass is 79.9. The van der Waals surface area contributed by atoms with Gasteiger partial charge in [-0.25, -0.2) is 0 Å². The number of anilines is 1. The molecule has 0 spiro atoms. The van der Waals surface area contributed by atoms with Crippen molar-refractivity contribution in [2.24, 2.45) is 0 Å². The number of amides is 1. The first-order chi connectivity index (χ1) is 12.2. The number of nitrogens with zero attached hydrogens (tertiary/aromatic N) is 3. The molecule has 0 saturated carbocycles. The zero-order valence-corrected chi connectivity index (χ0v) is 16.1. The van der Waals surface area contributed by atoms with Crippen LogP contribution < -0.4 is 4.90 Å². The zero-order chi connectivity index (χ0) is 17.2. The van der Waals surface area contributed by atoms with E-state index in [0.717, 1.165) is 53.5 Å². The molecule has 25 heavy (non-hydrogen) atoms. The average Bonchev–Trinajstić information content (AvgIpc) is 3.06. The lowest BCUT2D eigenvalue weighted by Crippen LogP contribution is -2.35. The predicted octanol–water partition coefficient (Wildman–Crippen LogP) is 4.41. The fourth-order valence-corrected chi connectivity index (χ4v) is 4.43. The number of rotatable bonds is 2. The maximum Gasteiger partial charge on any atom is 0.254 e. The van der Waals surface area contributed by atoms with E-state index in [4.69, 9.17) is 0 Å². The monoisotopic (exact) mass is 415 g/mol. The van der Waals surface area contributed by atoms with Crippen LogP contribution in [-0.4, -0.2) is 42.0 Å². The van der Waals surface area contributed by atoms with Crippen LogP contribution in [0.2, 0.25) is 0 Å². The molecule has 0 bridgehead atoms. The first-order valence-corrected chi connectivity index (χ1v) is 10.1. The van der Waals surface area contributed by atoms with Gasteiger partial charge in [-0.05, 0) is 45.9 Å². The van der Waals surface area contributed by atoms with Crippen molar-refractivity contribution in [3.63, 3.8) is 0 Å². The minimum absolute atomic E-state index is 0.144. The number of benzene rings is 1. The highest BCUT2D eigenvalue weighted by Gasteiger charge is 2.21. The maximum absolute atomic E-state index is 12.6. The molecule has 6 heteroatoms. The molecule has 1 aliphatic rings. The van der Waals surface area contributed by atoms with E-state index in [9.17, 15) is 4.79 Å². The van der Waals surface area contributed by atoms with Crippen molar-refractivity contribution >= 4 is 49.8 Å². The number of halogens is 1. The van der Waals surface area contributed by atoms with Gasteiger partial charge in [0.25, 0.3) is 5.91 Å². The van der Waals surface area contributed by atoms with Crippen LogP contribution in [0.25, 0.3) is 10.9 Å². The Morgan fingerprint density at radius 1 is 1.12 bits per heavy atom. The molecule has 0 unspecified atom stereocenters. The number of fused-ring (bicyclic) bond motifs is 1. The topological polar surface area (TPSA) is 36.4 Å². The van der Waals surface area contributed by atoms with Crippen LogP contribution in [-0.2, 0) is 0 Å². The van der Waals surface area contributed by atoms with E-state index in [2.05, 4.69) is 37.9 Å². The molecule has 1 saturated heterocycles. The molecule has 1 aromatic carbocycles. The van der Waals surface area contributed by atoms with Crippen molar-refractivity contribution in [3.05, 3.63) is 57.3 Å². The van der Waals surface area contributed by atoms with E-state index in [-0.39, 0.29) is 5.91 Å². The van der Waals surface area contributed by atoms with E-state index in [0.29, 0.717) is 0 Å². The zero-order valence-electron chi connectivity index (χ0n) is 13.7. The second-order valence-electron chi connectivity index (χ2n) is 6.11. The number of aromatic nitrogens is 1. The first-order valence-electron chi connectivity index (χ1n) is 8.34. The van der Waals surface area contributed by atoms with Gasteiger partial charge < -0.3 is 9.80 Å². The lowest BCUT2D eigenvalue weighted by atomic mass is 10.1. The van der Waals surface area contributed by atoms with Crippen LogP contribution in [0.4, 0.5) is 5.69 Å². The number of hydrogen-bond acceptors (Lipinski definition) is 4. The summed E-state index contributed by atoms with van der Waals surface area (Å²) in [6.45, 7) is 3.32. The molecule has 0 aliphatic carbocycles. The van der Waals surface area contributed by atoms with Crippen LogP contribution in [0, 0.1) is 0 Å². The summed E-state index contributed by atoms with van der Waals surface area (Å²) in [7, 11) is 0. The van der Waals surface area contributed by atoms with Crippen molar-refractivity contribution in [2.45, 2.75) is 6.42 Å². The van der Waals surface area contributed by atoms with E-state index < -0.39 is 0 Å². The van der Waals surface area contributed by atoms with Crippen LogP contribution in [0.15, 0.2) is 51.8 Å². The maximum atomic E-state index is 12.6. The Labute approximate surface area is 159 Å². The van der Waals surface area contributed by atoms with E-state index in [1.807, 2.05) is 40.1 Å². The SMILES string of the molecule is O=C(c1ccsc1)N1CCCN(c2ccnc3c(Br)cccc23)CC1. The van der Waals surface area contributed by atoms with Crippen molar-refractivity contribution in [1.29, 1.82) is 0 Å². The lowest BCUT2D eigenvalue weighted by molar-refractivity contribution is 0.0767. The number of hydrogen-bond donors (Lipinski definition) is 0. The molecule has 0 radical (unpaired) electrons. The third kappa shape index (κ3) is 3.28. The molecule has 1 aliphatic heterocycles. The number of carbonyl (C=O) groups excluding carboxylic acids is 1. The number of pyridine rings is 1. The van der Waals surface area contributed by atoms with Gasteiger partial charge in [0.2, 0.25) is 0 Å². The molecule has 128 valence electrons. The summed E-state index contributed by atoms with van der Waals surface area (Å²) in [5.74, 6) is 0.144. The number of carbonyl (C=O) groups is 1. The molecule has 1 fully saturated rings. The summed E-state index contributed by atoms with van der Waals surface area (Å²) in [4.78, 5) is 21.5. The Hall–Kier alpha value is -1.92. The molecule has 0 atom stereocenters. The van der Waals surface area contributed by atoms with Gasteiger partial charge in [0.05, 0.1) is 11.1 Å². The summed E-state index contributed by atoms with van der Waals surface area (Å²) in [5.41, 5.74) is 2.98. The third-order valence-corrected chi connectivity index (χ3v) is 5.91. The minimum atomic E-state index is 0.144. The fourth-order valence-electron chi connectivity index (χ4n) is 3.33. The van der Waals surface area contributed by atoms with Gasteiger partial charge in [-0.2, -0.15) is 11.3 Å². The largest absolute Gasteiger partial charge is 0.369 e. The second-order valence-corrected chi connectivity index (χ2v) is 7.75. The van der Waals surface area contributed by atoms with Crippen molar-refractivity contribution in [1.82, 2.24) is 9.88 Å². The Balaban J connectivity index is 1.57. The highest BCUT2D eigenvalue weighted by molar-refractivity contribution is 9.10. The lowest BCUT2D eigenvalue weighted by Gasteiger charge is -2.25. The highest BCUT2D eigenvalue weighted by Crippen LogP contribution is 2.30. The first kappa shape index (κ1) is 16.5. The summed E-state index contributed by atoms with van der Waals surface area (Å²) in [6.07, 6.45) is 2.83. The van der Waals surface area contributed by atoms with Gasteiger partial charge in [-0.1, -0.05) is 12.1 Å². The van der Waals surface area contributed by atoms with E-state index >= 15 is 0 Å². The molecular weight excluding hydrogens is 398 g/mol. The molecule has 3 heterocycles. The standard InChI is InChI=1S/C19H18BrN3OS/c20-16-4-1-3-15-17(5-7-21-18(15)16)22-8-2-9-23(11-10-22)19(24)14-6-12-25-13-14/h1,3-7,12-13H,2,8-11H2. The molecular formula is C19H18BrN3OS. The van der Waals surface area contributed by atoms with Crippen molar-refractivity contribution in [3.8, 4) is 0 Å². The number of para-hydroxylation sites is 1. The molecule has 0 N–H and O–H groups in total. The van der Waals surface area contributed by atoms with Crippen LogP contribution >= 0.6 is 27.3 Å². The summed E-state index contributed by atoms with van der Waals surface area (Å²) in [6, 6.07) is 10.2. The van der Waals surface area contributed by atoms with Crippen molar-refractivity contribution in [2.75, 3.05) is 31.1 Å². The normalized spacial score (nSPS) is 15.4. The van der Waals surface area contributed by atoms with Gasteiger partial charge in [0, 0.05) is 53.3 Å². The minimum Gasteiger partial charge on any atom is -0.369 e. The second kappa shape index (κ2) is 7.14. The summed E-state index contributed by atoms with van der Waals surface area (Å²) < 4.78 is 1.01. The molecule has 4 nitrogen and oxygen atoms in total. The van der Waals surface area contributed by atoms with Gasteiger partial charge in [-0.3, -0.25) is 9.78 Å². The van der Waals surface area contributed by atoms with Crippen molar-refractivity contribution < 1.29 is 4.79 Å². The smallest absolute Gasteiger partial charge is 0.254 e. The fraction of sp³-hybridized carbons (Fsp3) is 0.263. The quantitative estimate of drug-likeness (QED) is 0.621. The van der Waals surface area contributed by atoms with E-state index in [1.54, 1.807) is 11.3 Å².